The molecule has 0 spiro atoms. The number of aromatic nitrogens is 2. The first-order valence-corrected chi connectivity index (χ1v) is 11.8. The van der Waals surface area contributed by atoms with Gasteiger partial charge in [-0.25, -0.2) is 9.36 Å². The molecule has 0 aromatic carbocycles. The van der Waals surface area contributed by atoms with Crippen molar-refractivity contribution in [3.8, 4) is 0 Å². The normalized spacial score (nSPS) is 29.7. The molecule has 2 saturated heterocycles. The molecule has 1 aromatic heterocycles. The van der Waals surface area contributed by atoms with E-state index in [4.69, 9.17) is 18.3 Å². The number of fused-ring (bicyclic) bond motifs is 1. The lowest BCUT2D eigenvalue weighted by Crippen LogP contribution is -2.33. The maximum absolute atomic E-state index is 12.7. The summed E-state index contributed by atoms with van der Waals surface area (Å²) in [5, 5.41) is 0. The highest BCUT2D eigenvalue weighted by atomic mass is 31.2. The van der Waals surface area contributed by atoms with E-state index in [9.17, 15) is 9.36 Å². The van der Waals surface area contributed by atoms with E-state index in [1.165, 1.54) is 30.3 Å². The van der Waals surface area contributed by atoms with E-state index < -0.39 is 20.2 Å². The molecule has 158 valence electrons. The minimum absolute atomic E-state index is 0.128. The molecule has 1 aromatic rings. The lowest BCUT2D eigenvalue weighted by Gasteiger charge is -2.29. The van der Waals surface area contributed by atoms with Crippen LogP contribution in [0.5, 0.6) is 0 Å². The van der Waals surface area contributed by atoms with Gasteiger partial charge in [0, 0.05) is 18.3 Å². The molecule has 1 unspecified atom stereocenters. The molecule has 0 aliphatic carbocycles. The Kier molecular flexibility index (Phi) is 7.83. The maximum Gasteiger partial charge on any atom is 0.475 e. The van der Waals surface area contributed by atoms with Gasteiger partial charge in [-0.1, -0.05) is 45.4 Å². The molecule has 0 amide bonds. The third-order valence-corrected chi connectivity index (χ3v) is 6.61. The van der Waals surface area contributed by atoms with Crippen molar-refractivity contribution in [2.45, 2.75) is 83.6 Å². The molecule has 0 saturated carbocycles. The Morgan fingerprint density at radius 1 is 1.21 bits per heavy atom. The van der Waals surface area contributed by atoms with Crippen molar-refractivity contribution in [1.82, 2.24) is 9.55 Å². The SMILES string of the molecule is CCCCCCCCCOP1(=O)OC[C@H]2O[C@@H](n3ccc(C)nc3=O)C[C@@H]2O1. The Bertz CT molecular complexity index is 739. The molecule has 2 aliphatic rings. The number of aryl methyl sites for hydroxylation is 1. The number of nitrogens with zero attached hydrogens (tertiary/aromatic N) is 2. The van der Waals surface area contributed by atoms with Gasteiger partial charge in [0.1, 0.15) is 18.4 Å². The van der Waals surface area contributed by atoms with E-state index in [1.807, 2.05) is 0 Å². The number of hydrogen-bond donors (Lipinski definition) is 0. The lowest BCUT2D eigenvalue weighted by atomic mass is 10.1. The van der Waals surface area contributed by atoms with Crippen LogP contribution in [0, 0.1) is 6.92 Å². The van der Waals surface area contributed by atoms with E-state index in [2.05, 4.69) is 11.9 Å². The Labute approximate surface area is 166 Å². The number of rotatable bonds is 10. The van der Waals surface area contributed by atoms with Crippen molar-refractivity contribution in [3.63, 3.8) is 0 Å². The Balaban J connectivity index is 1.43. The molecule has 4 atom stereocenters. The van der Waals surface area contributed by atoms with Gasteiger partial charge in [-0.2, -0.15) is 4.98 Å². The van der Waals surface area contributed by atoms with Gasteiger partial charge in [0.05, 0.1) is 13.2 Å². The van der Waals surface area contributed by atoms with Gasteiger partial charge in [-0.05, 0) is 19.4 Å². The topological polar surface area (TPSA) is 88.9 Å². The highest BCUT2D eigenvalue weighted by molar-refractivity contribution is 7.48. The largest absolute Gasteiger partial charge is 0.475 e. The third-order valence-electron chi connectivity index (χ3n) is 5.12. The quantitative estimate of drug-likeness (QED) is 0.420. The van der Waals surface area contributed by atoms with Gasteiger partial charge >= 0.3 is 13.5 Å². The smallest absolute Gasteiger partial charge is 0.349 e. The second kappa shape index (κ2) is 10.1. The van der Waals surface area contributed by atoms with E-state index >= 15 is 0 Å². The van der Waals surface area contributed by atoms with Gasteiger partial charge in [0.2, 0.25) is 0 Å². The first-order chi connectivity index (χ1) is 13.5. The van der Waals surface area contributed by atoms with E-state index in [0.29, 0.717) is 18.7 Å². The predicted octanol–water partition coefficient (Wildman–Crippen LogP) is 4.13. The number of phosphoric ester groups is 1. The van der Waals surface area contributed by atoms with E-state index in [1.54, 1.807) is 19.2 Å². The highest BCUT2D eigenvalue weighted by Crippen LogP contribution is 2.56. The second-order valence-electron chi connectivity index (χ2n) is 7.47. The lowest BCUT2D eigenvalue weighted by molar-refractivity contribution is -0.0723. The molecule has 28 heavy (non-hydrogen) atoms. The first-order valence-electron chi connectivity index (χ1n) is 10.3. The van der Waals surface area contributed by atoms with Crippen molar-refractivity contribution in [3.05, 3.63) is 28.4 Å². The van der Waals surface area contributed by atoms with Crippen LogP contribution >= 0.6 is 7.82 Å². The number of unbranched alkanes of at least 4 members (excludes halogenated alkanes) is 6. The van der Waals surface area contributed by atoms with Crippen molar-refractivity contribution >= 4 is 7.82 Å². The zero-order chi connectivity index (χ0) is 20.0. The molecule has 0 bridgehead atoms. The summed E-state index contributed by atoms with van der Waals surface area (Å²) in [4.78, 5) is 16.0. The summed E-state index contributed by atoms with van der Waals surface area (Å²) < 4.78 is 36.4. The van der Waals surface area contributed by atoms with Gasteiger partial charge < -0.3 is 4.74 Å². The van der Waals surface area contributed by atoms with Crippen LogP contribution in [0.25, 0.3) is 0 Å². The first kappa shape index (κ1) is 21.7. The van der Waals surface area contributed by atoms with E-state index in [0.717, 1.165) is 19.3 Å². The summed E-state index contributed by atoms with van der Waals surface area (Å²) in [6.45, 7) is 4.45. The summed E-state index contributed by atoms with van der Waals surface area (Å²) in [7, 11) is -3.57. The van der Waals surface area contributed by atoms with Crippen molar-refractivity contribution < 1.29 is 22.9 Å². The molecule has 0 radical (unpaired) electrons. The van der Waals surface area contributed by atoms with Crippen LogP contribution in [-0.4, -0.2) is 35.0 Å². The van der Waals surface area contributed by atoms with Gasteiger partial charge in [-0.15, -0.1) is 0 Å². The van der Waals surface area contributed by atoms with Crippen molar-refractivity contribution in [2.24, 2.45) is 0 Å². The van der Waals surface area contributed by atoms with Gasteiger partial charge in [-0.3, -0.25) is 18.1 Å². The zero-order valence-electron chi connectivity index (χ0n) is 16.7. The maximum atomic E-state index is 12.7. The fourth-order valence-corrected chi connectivity index (χ4v) is 4.95. The number of phosphoric acid groups is 1. The molecule has 3 rings (SSSR count). The summed E-state index contributed by atoms with van der Waals surface area (Å²) in [6.07, 6.45) is 8.82. The summed E-state index contributed by atoms with van der Waals surface area (Å²) in [5.41, 5.74) is 0.280. The van der Waals surface area contributed by atoms with Gasteiger partial charge in [0.15, 0.2) is 0 Å². The molecule has 2 fully saturated rings. The molecule has 3 heterocycles. The Morgan fingerprint density at radius 3 is 2.71 bits per heavy atom. The fourth-order valence-electron chi connectivity index (χ4n) is 3.51. The van der Waals surface area contributed by atoms with Crippen LogP contribution in [0.4, 0.5) is 0 Å². The van der Waals surface area contributed by atoms with Crippen LogP contribution in [0.2, 0.25) is 0 Å². The van der Waals surface area contributed by atoms with Crippen LogP contribution in [0.15, 0.2) is 17.1 Å². The van der Waals surface area contributed by atoms with Crippen LogP contribution in [0.3, 0.4) is 0 Å². The van der Waals surface area contributed by atoms with Crippen LogP contribution < -0.4 is 5.69 Å². The standard InChI is InChI=1S/C19H31N2O6P/c1-3-4-5-6-7-8-9-12-24-28(23)25-14-17-16(27-28)13-18(26-17)21-11-10-15(2)20-19(21)22/h10-11,16-18H,3-9,12-14H2,1-2H3/t16-,17+,18+,28?/m0/s1. The molecular weight excluding hydrogens is 383 g/mol. The molecule has 8 nitrogen and oxygen atoms in total. The van der Waals surface area contributed by atoms with Gasteiger partial charge in [0.25, 0.3) is 0 Å². The zero-order valence-corrected chi connectivity index (χ0v) is 17.6. The number of hydrogen-bond acceptors (Lipinski definition) is 7. The number of ether oxygens (including phenoxy) is 1. The molecular formula is C19H31N2O6P. The molecule has 2 aliphatic heterocycles. The molecule has 0 N–H and O–H groups in total. The van der Waals surface area contributed by atoms with E-state index in [-0.39, 0.29) is 18.4 Å². The highest BCUT2D eigenvalue weighted by Gasteiger charge is 2.47. The Morgan fingerprint density at radius 2 is 1.96 bits per heavy atom. The fraction of sp³-hybridized carbons (Fsp3) is 0.789. The second-order valence-corrected chi connectivity index (χ2v) is 9.09. The third kappa shape index (κ3) is 5.74. The summed E-state index contributed by atoms with van der Waals surface area (Å²) in [6, 6.07) is 1.75. The van der Waals surface area contributed by atoms with Crippen molar-refractivity contribution in [1.29, 1.82) is 0 Å². The van der Waals surface area contributed by atoms with Crippen LogP contribution in [-0.2, 0) is 22.9 Å². The summed E-state index contributed by atoms with van der Waals surface area (Å²) in [5.74, 6) is 0. The van der Waals surface area contributed by atoms with Crippen molar-refractivity contribution in [2.75, 3.05) is 13.2 Å². The minimum Gasteiger partial charge on any atom is -0.349 e. The average molecular weight is 414 g/mol. The predicted molar refractivity (Wildman–Crippen MR) is 104 cm³/mol. The minimum atomic E-state index is -3.57. The van der Waals surface area contributed by atoms with Crippen LogP contribution in [0.1, 0.15) is 70.2 Å². The molecule has 9 heteroatoms. The average Bonchev–Trinajstić information content (AvgIpc) is 3.06. The summed E-state index contributed by atoms with van der Waals surface area (Å²) >= 11 is 0. The Hall–Kier alpha value is -1.05. The monoisotopic (exact) mass is 414 g/mol.